The van der Waals surface area contributed by atoms with Crippen molar-refractivity contribution in [3.05, 3.63) is 53.3 Å². The molecular weight excluding hydrogens is 424 g/mol. The van der Waals surface area contributed by atoms with Crippen LogP contribution in [0.3, 0.4) is 0 Å². The summed E-state index contributed by atoms with van der Waals surface area (Å²) >= 11 is 6.39. The average molecular weight is 457 g/mol. The molecule has 0 spiro atoms. The molecule has 0 aliphatic carbocycles. The number of halogens is 2. The molecule has 1 aliphatic heterocycles. The van der Waals surface area contributed by atoms with Crippen LogP contribution in [0.2, 0.25) is 5.02 Å². The Kier molecular flexibility index (Phi) is 10.3. The Balaban J connectivity index is 0.000000990. The summed E-state index contributed by atoms with van der Waals surface area (Å²) < 4.78 is 8.08. The third-order valence-electron chi connectivity index (χ3n) is 4.87. The predicted molar refractivity (Wildman–Crippen MR) is 122 cm³/mol. The topological polar surface area (TPSA) is 48.7 Å². The number of benzene rings is 1. The van der Waals surface area contributed by atoms with Gasteiger partial charge in [-0.1, -0.05) is 38.4 Å². The molecule has 1 aliphatic rings. The van der Waals surface area contributed by atoms with Gasteiger partial charge < -0.3 is 17.5 Å². The van der Waals surface area contributed by atoms with E-state index in [0.717, 1.165) is 29.4 Å². The van der Waals surface area contributed by atoms with Crippen molar-refractivity contribution >= 4 is 29.8 Å². The molecule has 0 saturated carbocycles. The fourth-order valence-corrected chi connectivity index (χ4v) is 8.13. The second kappa shape index (κ2) is 11.5. The molecule has 0 radical (unpaired) electrons. The van der Waals surface area contributed by atoms with E-state index in [4.69, 9.17) is 21.5 Å². The molecule has 7 heteroatoms. The van der Waals surface area contributed by atoms with Gasteiger partial charge in [-0.3, -0.25) is 9.65 Å². The standard InChI is InChI=1S/C20H27ClN3P.C2H6O.ClH/c1-16-7-8-17(15-19(16)21)23-25(20(2,3)4,24-13-5-6-14-24)18-9-11-22-12-10-18;1-2-3;/h7-12,15H,5-6,13-14H2,1-4H3;3H,2H2,1H3;1H/p-1. The summed E-state index contributed by atoms with van der Waals surface area (Å²) in [5.74, 6) is 0. The van der Waals surface area contributed by atoms with Crippen molar-refractivity contribution in [2.24, 2.45) is 4.74 Å². The van der Waals surface area contributed by atoms with Crippen molar-refractivity contribution in [3.63, 3.8) is 0 Å². The first-order valence-electron chi connectivity index (χ1n) is 9.91. The van der Waals surface area contributed by atoms with E-state index in [1.807, 2.05) is 25.4 Å². The SMILES string of the molecule is CCO.Cc1ccc(N=P(c2ccncc2)(N2CCCC2)C(C)(C)C)cc1Cl.[Cl-]. The van der Waals surface area contributed by atoms with Crippen LogP contribution in [0.25, 0.3) is 0 Å². The van der Waals surface area contributed by atoms with Gasteiger partial charge in [-0.15, -0.1) is 0 Å². The van der Waals surface area contributed by atoms with Crippen molar-refractivity contribution in [2.75, 3.05) is 19.7 Å². The Hall–Kier alpha value is -0.900. The van der Waals surface area contributed by atoms with Crippen LogP contribution in [0.5, 0.6) is 0 Å². The molecule has 1 N–H and O–H groups in total. The lowest BCUT2D eigenvalue weighted by molar-refractivity contribution is -0.00000746. The van der Waals surface area contributed by atoms with Gasteiger partial charge in [0.2, 0.25) is 0 Å². The Bertz CT molecular complexity index is 817. The van der Waals surface area contributed by atoms with E-state index in [9.17, 15) is 0 Å². The highest BCUT2D eigenvalue weighted by Crippen LogP contribution is 2.64. The van der Waals surface area contributed by atoms with Crippen LogP contribution in [-0.2, 0) is 0 Å². The van der Waals surface area contributed by atoms with E-state index in [0.29, 0.717) is 0 Å². The third-order valence-corrected chi connectivity index (χ3v) is 9.90. The van der Waals surface area contributed by atoms with Crippen LogP contribution in [0, 0.1) is 6.92 Å². The highest BCUT2D eigenvalue weighted by molar-refractivity contribution is 7.73. The number of aliphatic hydroxyl groups excluding tert-OH is 1. The van der Waals surface area contributed by atoms with Crippen LogP contribution < -0.4 is 17.7 Å². The van der Waals surface area contributed by atoms with Gasteiger partial charge in [0.25, 0.3) is 0 Å². The van der Waals surface area contributed by atoms with Crippen molar-refractivity contribution in [1.29, 1.82) is 0 Å². The number of aromatic nitrogens is 1. The van der Waals surface area contributed by atoms with Gasteiger partial charge in [-0.05, 0) is 56.5 Å². The fourth-order valence-electron chi connectivity index (χ4n) is 3.60. The van der Waals surface area contributed by atoms with Crippen LogP contribution >= 0.6 is 18.8 Å². The first-order chi connectivity index (χ1) is 13.3. The van der Waals surface area contributed by atoms with Crippen LogP contribution in [0.1, 0.15) is 46.1 Å². The van der Waals surface area contributed by atoms with E-state index >= 15 is 0 Å². The first-order valence-corrected chi connectivity index (χ1v) is 12.0. The lowest BCUT2D eigenvalue weighted by Crippen LogP contribution is -3.00. The summed E-state index contributed by atoms with van der Waals surface area (Å²) in [6.07, 6.45) is 6.27. The van der Waals surface area contributed by atoms with Crippen molar-refractivity contribution in [1.82, 2.24) is 9.65 Å². The number of hydrogen-bond donors (Lipinski definition) is 1. The largest absolute Gasteiger partial charge is 1.00 e. The molecular formula is C22H33Cl2N3OP-. The summed E-state index contributed by atoms with van der Waals surface area (Å²) in [5.41, 5.74) is 2.06. The summed E-state index contributed by atoms with van der Waals surface area (Å²) in [4.78, 5) is 4.24. The van der Waals surface area contributed by atoms with Crippen LogP contribution in [0.4, 0.5) is 5.69 Å². The smallest absolute Gasteiger partial charge is 0.0720 e. The van der Waals surface area contributed by atoms with Gasteiger partial charge in [0, 0.05) is 47.6 Å². The second-order valence-electron chi connectivity index (χ2n) is 7.99. The molecule has 0 amide bonds. The van der Waals surface area contributed by atoms with Gasteiger partial charge in [0.15, 0.2) is 0 Å². The molecule has 1 fully saturated rings. The Morgan fingerprint density at radius 1 is 1.14 bits per heavy atom. The van der Waals surface area contributed by atoms with Crippen LogP contribution in [0.15, 0.2) is 47.5 Å². The molecule has 0 bridgehead atoms. The zero-order valence-electron chi connectivity index (χ0n) is 18.1. The number of pyridine rings is 1. The molecule has 2 heterocycles. The number of hydrogen-bond acceptors (Lipinski definition) is 3. The molecule has 2 aromatic rings. The number of rotatable bonds is 3. The third kappa shape index (κ3) is 6.06. The van der Waals surface area contributed by atoms with E-state index in [1.54, 1.807) is 6.92 Å². The molecule has 3 rings (SSSR count). The minimum atomic E-state index is -1.98. The van der Waals surface area contributed by atoms with Crippen molar-refractivity contribution < 1.29 is 17.5 Å². The number of aliphatic hydroxyl groups is 1. The summed E-state index contributed by atoms with van der Waals surface area (Å²) in [7, 11) is -1.98. The lowest BCUT2D eigenvalue weighted by atomic mass is 10.2. The van der Waals surface area contributed by atoms with Gasteiger partial charge in [0.1, 0.15) is 0 Å². The van der Waals surface area contributed by atoms with E-state index in [2.05, 4.69) is 54.7 Å². The zero-order valence-corrected chi connectivity index (χ0v) is 20.5. The summed E-state index contributed by atoms with van der Waals surface area (Å²) in [5, 5.41) is 9.67. The van der Waals surface area contributed by atoms with Gasteiger partial charge >= 0.3 is 0 Å². The van der Waals surface area contributed by atoms with E-state index < -0.39 is 7.21 Å². The molecule has 1 aromatic carbocycles. The average Bonchev–Trinajstić information content (AvgIpc) is 3.18. The fraction of sp³-hybridized carbons (Fsp3) is 0.500. The molecule has 29 heavy (non-hydrogen) atoms. The highest BCUT2D eigenvalue weighted by atomic mass is 35.5. The zero-order chi connectivity index (χ0) is 20.8. The monoisotopic (exact) mass is 456 g/mol. The maximum absolute atomic E-state index is 7.57. The summed E-state index contributed by atoms with van der Waals surface area (Å²) in [6.45, 7) is 13.1. The molecule has 1 saturated heterocycles. The Labute approximate surface area is 187 Å². The number of aryl methyl sites for hydroxylation is 1. The van der Waals surface area contributed by atoms with E-state index in [-0.39, 0.29) is 24.2 Å². The Morgan fingerprint density at radius 2 is 1.69 bits per heavy atom. The molecule has 1 atom stereocenters. The van der Waals surface area contributed by atoms with Crippen LogP contribution in [-0.4, -0.2) is 39.6 Å². The van der Waals surface area contributed by atoms with Crippen molar-refractivity contribution in [3.8, 4) is 0 Å². The Morgan fingerprint density at radius 3 is 2.17 bits per heavy atom. The maximum atomic E-state index is 7.57. The van der Waals surface area contributed by atoms with Gasteiger partial charge in [-0.25, -0.2) is 4.74 Å². The predicted octanol–water partition coefficient (Wildman–Crippen LogP) is 3.01. The highest BCUT2D eigenvalue weighted by Gasteiger charge is 2.42. The normalized spacial score (nSPS) is 16.2. The maximum Gasteiger partial charge on any atom is 0.0720 e. The van der Waals surface area contributed by atoms with Gasteiger partial charge in [-0.2, -0.15) is 0 Å². The quantitative estimate of drug-likeness (QED) is 0.722. The molecule has 1 aromatic heterocycles. The first kappa shape index (κ1) is 26.1. The van der Waals surface area contributed by atoms with E-state index in [1.165, 1.54) is 18.1 Å². The minimum absolute atomic E-state index is 0. The minimum Gasteiger partial charge on any atom is -1.00 e. The molecule has 1 unspecified atom stereocenters. The molecule has 162 valence electrons. The van der Waals surface area contributed by atoms with Crippen molar-refractivity contribution in [2.45, 2.75) is 52.6 Å². The summed E-state index contributed by atoms with van der Waals surface area (Å²) in [6, 6.07) is 10.5. The number of nitrogens with zero attached hydrogens (tertiary/aromatic N) is 3. The molecule has 4 nitrogen and oxygen atoms in total. The van der Waals surface area contributed by atoms with Gasteiger partial charge in [0.05, 0.1) is 12.9 Å². The second-order valence-corrected chi connectivity index (χ2v) is 12.2. The lowest BCUT2D eigenvalue weighted by Gasteiger charge is -2.43.